The van der Waals surface area contributed by atoms with E-state index in [1.54, 1.807) is 24.3 Å². The van der Waals surface area contributed by atoms with Crippen molar-refractivity contribution in [2.75, 3.05) is 6.54 Å². The minimum absolute atomic E-state index is 0.0103. The van der Waals surface area contributed by atoms with Gasteiger partial charge in [0.05, 0.1) is 19.0 Å². The molecular formula is C23H28N2O4. The first-order chi connectivity index (χ1) is 13.6. The first-order valence-corrected chi connectivity index (χ1v) is 9.53. The van der Waals surface area contributed by atoms with Gasteiger partial charge in [-0.3, -0.25) is 14.4 Å². The van der Waals surface area contributed by atoms with Gasteiger partial charge >= 0.3 is 5.97 Å². The lowest BCUT2D eigenvalue weighted by molar-refractivity contribution is -0.137. The standard InChI is InChI=1S/C23H28N2O4/c1-15-7-5-6-8-18(15)19(13-21(27)28)25-20(26)14-24-22(29)16-9-11-17(12-10-16)23(2,3)4/h5-12,19H,13-14H2,1-4H3,(H,24,29)(H,25,26)(H,27,28). The average Bonchev–Trinajstić information content (AvgIpc) is 2.65. The zero-order chi connectivity index (χ0) is 21.6. The molecule has 3 N–H and O–H groups in total. The summed E-state index contributed by atoms with van der Waals surface area (Å²) < 4.78 is 0. The van der Waals surface area contributed by atoms with Crippen LogP contribution in [0.4, 0.5) is 0 Å². The fourth-order valence-corrected chi connectivity index (χ4v) is 3.02. The molecule has 0 spiro atoms. The summed E-state index contributed by atoms with van der Waals surface area (Å²) in [6.45, 7) is 7.90. The molecule has 1 unspecified atom stereocenters. The number of hydrogen-bond donors (Lipinski definition) is 3. The third-order valence-corrected chi connectivity index (χ3v) is 4.70. The third kappa shape index (κ3) is 6.45. The molecule has 1 atom stereocenters. The highest BCUT2D eigenvalue weighted by molar-refractivity contribution is 5.96. The van der Waals surface area contributed by atoms with E-state index in [0.717, 1.165) is 16.7 Å². The second kappa shape index (κ2) is 9.37. The van der Waals surface area contributed by atoms with Crippen molar-refractivity contribution in [1.29, 1.82) is 0 Å². The molecule has 2 aromatic carbocycles. The summed E-state index contributed by atoms with van der Waals surface area (Å²) >= 11 is 0. The van der Waals surface area contributed by atoms with E-state index in [-0.39, 0.29) is 24.3 Å². The van der Waals surface area contributed by atoms with Crippen LogP contribution >= 0.6 is 0 Å². The van der Waals surface area contributed by atoms with E-state index in [9.17, 15) is 19.5 Å². The van der Waals surface area contributed by atoms with E-state index in [0.29, 0.717) is 5.56 Å². The van der Waals surface area contributed by atoms with Gasteiger partial charge in [0, 0.05) is 5.56 Å². The number of carbonyl (C=O) groups excluding carboxylic acids is 2. The summed E-state index contributed by atoms with van der Waals surface area (Å²) in [6.07, 6.45) is -0.237. The first-order valence-electron chi connectivity index (χ1n) is 9.53. The fourth-order valence-electron chi connectivity index (χ4n) is 3.02. The third-order valence-electron chi connectivity index (χ3n) is 4.70. The van der Waals surface area contributed by atoms with Gasteiger partial charge in [-0.1, -0.05) is 57.2 Å². The lowest BCUT2D eigenvalue weighted by Gasteiger charge is -2.20. The molecule has 0 aromatic heterocycles. The summed E-state index contributed by atoms with van der Waals surface area (Å²) in [6, 6.07) is 13.9. The minimum Gasteiger partial charge on any atom is -0.481 e. The van der Waals surface area contributed by atoms with Crippen molar-refractivity contribution in [1.82, 2.24) is 10.6 Å². The highest BCUT2D eigenvalue weighted by Gasteiger charge is 2.20. The summed E-state index contributed by atoms with van der Waals surface area (Å²) in [5.74, 6) is -1.81. The maximum Gasteiger partial charge on any atom is 0.305 e. The van der Waals surface area contributed by atoms with Gasteiger partial charge in [0.15, 0.2) is 0 Å². The number of amides is 2. The number of hydrogen-bond acceptors (Lipinski definition) is 3. The molecule has 0 saturated carbocycles. The second-order valence-corrected chi connectivity index (χ2v) is 8.08. The van der Waals surface area contributed by atoms with Crippen LogP contribution in [0.25, 0.3) is 0 Å². The summed E-state index contributed by atoms with van der Waals surface area (Å²) in [5, 5.41) is 14.5. The van der Waals surface area contributed by atoms with Crippen LogP contribution in [-0.4, -0.2) is 29.4 Å². The summed E-state index contributed by atoms with van der Waals surface area (Å²) in [4.78, 5) is 35.8. The van der Waals surface area contributed by atoms with Crippen molar-refractivity contribution in [3.8, 4) is 0 Å². The number of rotatable bonds is 7. The Morgan fingerprint density at radius 3 is 2.17 bits per heavy atom. The largest absolute Gasteiger partial charge is 0.481 e. The lowest BCUT2D eigenvalue weighted by Crippen LogP contribution is -2.39. The zero-order valence-electron chi connectivity index (χ0n) is 17.3. The number of carbonyl (C=O) groups is 3. The van der Waals surface area contributed by atoms with E-state index in [4.69, 9.17) is 0 Å². The molecular weight excluding hydrogens is 368 g/mol. The van der Waals surface area contributed by atoms with Crippen molar-refractivity contribution in [3.05, 3.63) is 70.8 Å². The summed E-state index contributed by atoms with van der Waals surface area (Å²) in [5.41, 5.74) is 3.20. The minimum atomic E-state index is -1.01. The number of carboxylic acid groups (broad SMARTS) is 1. The van der Waals surface area contributed by atoms with Gasteiger partial charge in [-0.25, -0.2) is 0 Å². The van der Waals surface area contributed by atoms with E-state index in [2.05, 4.69) is 31.4 Å². The van der Waals surface area contributed by atoms with Gasteiger partial charge < -0.3 is 15.7 Å². The van der Waals surface area contributed by atoms with Gasteiger partial charge in [-0.15, -0.1) is 0 Å². The molecule has 6 heteroatoms. The maximum atomic E-state index is 12.3. The molecule has 0 saturated heterocycles. The van der Waals surface area contributed by atoms with Gasteiger partial charge in [0.25, 0.3) is 5.91 Å². The number of carboxylic acids is 1. The topological polar surface area (TPSA) is 95.5 Å². The molecule has 0 heterocycles. The lowest BCUT2D eigenvalue weighted by atomic mass is 9.87. The molecule has 2 rings (SSSR count). The van der Waals surface area contributed by atoms with E-state index >= 15 is 0 Å². The molecule has 2 aromatic rings. The predicted molar refractivity (Wildman–Crippen MR) is 112 cm³/mol. The Morgan fingerprint density at radius 1 is 1.00 bits per heavy atom. The first kappa shape index (κ1) is 22.1. The van der Waals surface area contributed by atoms with Crippen LogP contribution in [0, 0.1) is 6.92 Å². The predicted octanol–water partition coefficient (Wildman–Crippen LogP) is 3.35. The molecule has 0 bridgehead atoms. The van der Waals surface area contributed by atoms with Gasteiger partial charge in [-0.05, 0) is 41.2 Å². The Hall–Kier alpha value is -3.15. The molecule has 2 amide bonds. The van der Waals surface area contributed by atoms with Gasteiger partial charge in [0.1, 0.15) is 0 Å². The number of benzene rings is 2. The molecule has 0 aliphatic carbocycles. The number of aryl methyl sites for hydroxylation is 1. The Bertz CT molecular complexity index is 882. The monoisotopic (exact) mass is 396 g/mol. The van der Waals surface area contributed by atoms with Crippen molar-refractivity contribution in [3.63, 3.8) is 0 Å². The molecule has 154 valence electrons. The SMILES string of the molecule is Cc1ccccc1C(CC(=O)O)NC(=O)CNC(=O)c1ccc(C(C)(C)C)cc1. The van der Waals surface area contributed by atoms with Crippen LogP contribution in [0.5, 0.6) is 0 Å². The molecule has 29 heavy (non-hydrogen) atoms. The fraction of sp³-hybridized carbons (Fsp3) is 0.348. The maximum absolute atomic E-state index is 12.3. The summed E-state index contributed by atoms with van der Waals surface area (Å²) in [7, 11) is 0. The normalized spacial score (nSPS) is 12.1. The van der Waals surface area contributed by atoms with Crippen molar-refractivity contribution >= 4 is 17.8 Å². The highest BCUT2D eigenvalue weighted by atomic mass is 16.4. The Morgan fingerprint density at radius 2 is 1.62 bits per heavy atom. The van der Waals surface area contributed by atoms with Crippen molar-refractivity contribution < 1.29 is 19.5 Å². The van der Waals surface area contributed by atoms with E-state index in [1.807, 2.05) is 31.2 Å². The van der Waals surface area contributed by atoms with Gasteiger partial charge in [-0.2, -0.15) is 0 Å². The van der Waals surface area contributed by atoms with Crippen LogP contribution in [0.2, 0.25) is 0 Å². The molecule has 0 fully saturated rings. The van der Waals surface area contributed by atoms with E-state index in [1.165, 1.54) is 0 Å². The van der Waals surface area contributed by atoms with Crippen molar-refractivity contribution in [2.24, 2.45) is 0 Å². The number of nitrogens with one attached hydrogen (secondary N) is 2. The highest BCUT2D eigenvalue weighted by Crippen LogP contribution is 2.22. The number of aliphatic carboxylic acids is 1. The average molecular weight is 396 g/mol. The quantitative estimate of drug-likeness (QED) is 0.669. The Balaban J connectivity index is 1.99. The van der Waals surface area contributed by atoms with Crippen LogP contribution in [-0.2, 0) is 15.0 Å². The van der Waals surface area contributed by atoms with Crippen LogP contribution in [0.1, 0.15) is 60.3 Å². The van der Waals surface area contributed by atoms with Crippen molar-refractivity contribution in [2.45, 2.75) is 45.6 Å². The van der Waals surface area contributed by atoms with E-state index < -0.39 is 17.9 Å². The van der Waals surface area contributed by atoms with Crippen LogP contribution < -0.4 is 10.6 Å². The molecule has 0 aliphatic rings. The molecule has 0 radical (unpaired) electrons. The molecule has 6 nitrogen and oxygen atoms in total. The zero-order valence-corrected chi connectivity index (χ0v) is 17.3. The van der Waals surface area contributed by atoms with Gasteiger partial charge in [0.2, 0.25) is 5.91 Å². The van der Waals surface area contributed by atoms with Crippen LogP contribution in [0.15, 0.2) is 48.5 Å². The molecule has 0 aliphatic heterocycles. The smallest absolute Gasteiger partial charge is 0.305 e. The Labute approximate surface area is 171 Å². The van der Waals surface area contributed by atoms with Crippen LogP contribution in [0.3, 0.4) is 0 Å². The Kier molecular flexibility index (Phi) is 7.15. The second-order valence-electron chi connectivity index (χ2n) is 8.08.